The highest BCUT2D eigenvalue weighted by Crippen LogP contribution is 2.24. The summed E-state index contributed by atoms with van der Waals surface area (Å²) >= 11 is 6.18. The van der Waals surface area contributed by atoms with Crippen molar-refractivity contribution >= 4 is 23.2 Å². The summed E-state index contributed by atoms with van der Waals surface area (Å²) in [5.41, 5.74) is 2.90. The van der Waals surface area contributed by atoms with Crippen molar-refractivity contribution in [1.29, 1.82) is 0 Å². The van der Waals surface area contributed by atoms with Crippen LogP contribution in [-0.2, 0) is 0 Å². The lowest BCUT2D eigenvalue weighted by atomic mass is 10.0. The van der Waals surface area contributed by atoms with Gasteiger partial charge in [0.25, 0.3) is 5.91 Å². The molecule has 0 saturated carbocycles. The number of nitrogens with one attached hydrogen (secondary N) is 1. The molecule has 2 aromatic rings. The van der Waals surface area contributed by atoms with Crippen LogP contribution in [0.2, 0.25) is 5.02 Å². The van der Waals surface area contributed by atoms with Gasteiger partial charge in [0.15, 0.2) is 0 Å². The van der Waals surface area contributed by atoms with Crippen molar-refractivity contribution in [3.05, 3.63) is 64.7 Å². The van der Waals surface area contributed by atoms with Crippen molar-refractivity contribution in [3.8, 4) is 0 Å². The molecule has 1 unspecified atom stereocenters. The third-order valence-corrected chi connectivity index (χ3v) is 5.68. The van der Waals surface area contributed by atoms with Crippen molar-refractivity contribution in [2.75, 3.05) is 58.8 Å². The van der Waals surface area contributed by atoms with Gasteiger partial charge in [0.2, 0.25) is 0 Å². The molecule has 5 nitrogen and oxygen atoms in total. The lowest BCUT2D eigenvalue weighted by molar-refractivity contribution is 0.0886. The van der Waals surface area contributed by atoms with Crippen LogP contribution in [0.25, 0.3) is 0 Å². The fourth-order valence-corrected chi connectivity index (χ4v) is 3.74. The minimum atomic E-state index is -0.130. The number of amides is 1. The van der Waals surface area contributed by atoms with Gasteiger partial charge in [0, 0.05) is 52.5 Å². The van der Waals surface area contributed by atoms with Gasteiger partial charge in [0.1, 0.15) is 0 Å². The second kappa shape index (κ2) is 9.41. The van der Waals surface area contributed by atoms with Crippen molar-refractivity contribution in [2.24, 2.45) is 0 Å². The Morgan fingerprint density at radius 1 is 1.07 bits per heavy atom. The third kappa shape index (κ3) is 5.04. The summed E-state index contributed by atoms with van der Waals surface area (Å²) in [6, 6.07) is 15.9. The van der Waals surface area contributed by atoms with Gasteiger partial charge in [-0.2, -0.15) is 0 Å². The Hall–Kier alpha value is -2.08. The molecule has 3 rings (SSSR count). The van der Waals surface area contributed by atoms with Crippen LogP contribution in [-0.4, -0.2) is 69.6 Å². The maximum atomic E-state index is 12.7. The van der Waals surface area contributed by atoms with Crippen molar-refractivity contribution in [3.63, 3.8) is 0 Å². The number of carbonyl (C=O) groups is 1. The van der Waals surface area contributed by atoms with Gasteiger partial charge >= 0.3 is 0 Å². The van der Waals surface area contributed by atoms with Gasteiger partial charge in [-0.15, -0.1) is 0 Å². The molecule has 1 amide bonds. The lowest BCUT2D eigenvalue weighted by Crippen LogP contribution is -2.48. The predicted octanol–water partition coefficient (Wildman–Crippen LogP) is 3.12. The van der Waals surface area contributed by atoms with E-state index in [1.165, 1.54) is 11.3 Å². The molecule has 1 saturated heterocycles. The summed E-state index contributed by atoms with van der Waals surface area (Å²) < 4.78 is 0. The van der Waals surface area contributed by atoms with Crippen molar-refractivity contribution in [1.82, 2.24) is 15.1 Å². The Labute approximate surface area is 172 Å². The highest BCUT2D eigenvalue weighted by atomic mass is 35.5. The SMILES string of the molecule is CN1CCN(C(CNC(=O)c2ccccc2Cl)c2ccc(N(C)C)cc2)CC1. The molecule has 1 N–H and O–H groups in total. The Morgan fingerprint density at radius 3 is 2.32 bits per heavy atom. The zero-order valence-electron chi connectivity index (χ0n) is 16.9. The minimum absolute atomic E-state index is 0.130. The third-order valence-electron chi connectivity index (χ3n) is 5.35. The Bertz CT molecular complexity index is 785. The molecule has 1 aliphatic heterocycles. The van der Waals surface area contributed by atoms with E-state index in [-0.39, 0.29) is 11.9 Å². The molecule has 6 heteroatoms. The summed E-state index contributed by atoms with van der Waals surface area (Å²) in [5, 5.41) is 3.57. The maximum Gasteiger partial charge on any atom is 0.252 e. The Balaban J connectivity index is 1.76. The standard InChI is InChI=1S/C22H29ClN4O/c1-25(2)18-10-8-17(9-11-18)21(27-14-12-26(3)13-15-27)16-24-22(28)19-6-4-5-7-20(19)23/h4-11,21H,12-16H2,1-3H3,(H,24,28). The van der Waals surface area contributed by atoms with Crippen LogP contribution < -0.4 is 10.2 Å². The van der Waals surface area contributed by atoms with Crippen LogP contribution in [0, 0.1) is 0 Å². The van der Waals surface area contributed by atoms with E-state index in [4.69, 9.17) is 11.6 Å². The van der Waals surface area contributed by atoms with Gasteiger partial charge in [-0.25, -0.2) is 0 Å². The van der Waals surface area contributed by atoms with Crippen molar-refractivity contribution < 1.29 is 4.79 Å². The molecule has 1 aliphatic rings. The van der Waals surface area contributed by atoms with Gasteiger partial charge < -0.3 is 15.1 Å². The first-order valence-electron chi connectivity index (χ1n) is 9.68. The number of nitrogens with zero attached hydrogens (tertiary/aromatic N) is 3. The molecule has 0 bridgehead atoms. The van der Waals surface area contributed by atoms with Crippen molar-refractivity contribution in [2.45, 2.75) is 6.04 Å². The molecule has 1 atom stereocenters. The van der Waals surface area contributed by atoms with E-state index in [0.717, 1.165) is 26.2 Å². The lowest BCUT2D eigenvalue weighted by Gasteiger charge is -2.38. The predicted molar refractivity (Wildman–Crippen MR) is 116 cm³/mol. The van der Waals surface area contributed by atoms with Crippen LogP contribution in [0.15, 0.2) is 48.5 Å². The molecule has 2 aromatic carbocycles. The number of benzene rings is 2. The monoisotopic (exact) mass is 400 g/mol. The number of anilines is 1. The smallest absolute Gasteiger partial charge is 0.252 e. The molecule has 1 heterocycles. The summed E-state index contributed by atoms with van der Waals surface area (Å²) in [6.45, 7) is 4.59. The molecule has 150 valence electrons. The second-order valence-electron chi connectivity index (χ2n) is 7.53. The zero-order chi connectivity index (χ0) is 20.1. The van der Waals surface area contributed by atoms with Gasteiger partial charge in [-0.3, -0.25) is 9.69 Å². The minimum Gasteiger partial charge on any atom is -0.378 e. The number of hydrogen-bond acceptors (Lipinski definition) is 4. The summed E-state index contributed by atoms with van der Waals surface area (Å²) in [4.78, 5) is 19.5. The molecule has 0 aliphatic carbocycles. The first kappa shape index (κ1) is 20.6. The number of rotatable bonds is 6. The molecule has 0 aromatic heterocycles. The molecule has 0 spiro atoms. The average Bonchev–Trinajstić information content (AvgIpc) is 2.70. The number of hydrogen-bond donors (Lipinski definition) is 1. The second-order valence-corrected chi connectivity index (χ2v) is 7.94. The first-order chi connectivity index (χ1) is 13.5. The van der Waals surface area contributed by atoms with Gasteiger partial charge in [-0.05, 0) is 36.9 Å². The number of carbonyl (C=O) groups excluding carboxylic acids is 1. The fourth-order valence-electron chi connectivity index (χ4n) is 3.52. The zero-order valence-corrected chi connectivity index (χ0v) is 17.6. The highest BCUT2D eigenvalue weighted by Gasteiger charge is 2.25. The van der Waals surface area contributed by atoms with Crippen LogP contribution in [0.1, 0.15) is 22.0 Å². The van der Waals surface area contributed by atoms with Crippen LogP contribution >= 0.6 is 11.6 Å². The summed E-state index contributed by atoms with van der Waals surface area (Å²) in [6.07, 6.45) is 0. The Kier molecular flexibility index (Phi) is 6.94. The van der Waals surface area contributed by atoms with Gasteiger partial charge in [0.05, 0.1) is 16.6 Å². The van der Waals surface area contributed by atoms with E-state index >= 15 is 0 Å². The van der Waals surface area contributed by atoms with Gasteiger partial charge in [-0.1, -0.05) is 35.9 Å². The summed E-state index contributed by atoms with van der Waals surface area (Å²) in [5.74, 6) is -0.130. The normalized spacial score (nSPS) is 16.6. The first-order valence-corrected chi connectivity index (χ1v) is 10.1. The Morgan fingerprint density at radius 2 is 1.71 bits per heavy atom. The average molecular weight is 401 g/mol. The fraction of sp³-hybridized carbons (Fsp3) is 0.409. The largest absolute Gasteiger partial charge is 0.378 e. The van der Waals surface area contributed by atoms with E-state index in [1.54, 1.807) is 12.1 Å². The van der Waals surface area contributed by atoms with Crippen LogP contribution in [0.4, 0.5) is 5.69 Å². The molecule has 1 fully saturated rings. The number of halogens is 1. The van der Waals surface area contributed by atoms with E-state index in [1.807, 2.05) is 26.2 Å². The highest BCUT2D eigenvalue weighted by molar-refractivity contribution is 6.33. The number of piperazine rings is 1. The summed E-state index contributed by atoms with van der Waals surface area (Å²) in [7, 11) is 6.23. The topological polar surface area (TPSA) is 38.8 Å². The quantitative estimate of drug-likeness (QED) is 0.808. The van der Waals surface area contributed by atoms with E-state index in [9.17, 15) is 4.79 Å². The van der Waals surface area contributed by atoms with E-state index in [0.29, 0.717) is 17.1 Å². The number of likely N-dealkylation sites (N-methyl/N-ethyl adjacent to an activating group) is 1. The molecular weight excluding hydrogens is 372 g/mol. The maximum absolute atomic E-state index is 12.7. The van der Waals surface area contributed by atoms with E-state index < -0.39 is 0 Å². The molecular formula is C22H29ClN4O. The van der Waals surface area contributed by atoms with E-state index in [2.05, 4.69) is 51.3 Å². The molecule has 0 radical (unpaired) electrons. The van der Waals surface area contributed by atoms with Crippen LogP contribution in [0.3, 0.4) is 0 Å². The molecule has 28 heavy (non-hydrogen) atoms. The van der Waals surface area contributed by atoms with Crippen LogP contribution in [0.5, 0.6) is 0 Å².